The lowest BCUT2D eigenvalue weighted by Crippen LogP contribution is -2.25. The summed E-state index contributed by atoms with van der Waals surface area (Å²) in [7, 11) is 0. The van der Waals surface area contributed by atoms with Crippen LogP contribution in [0.15, 0.2) is 30.0 Å². The van der Waals surface area contributed by atoms with Gasteiger partial charge in [-0.3, -0.25) is 0 Å². The summed E-state index contributed by atoms with van der Waals surface area (Å²) >= 11 is 0. The van der Waals surface area contributed by atoms with Gasteiger partial charge >= 0.3 is 5.97 Å². The van der Waals surface area contributed by atoms with E-state index in [-0.39, 0.29) is 5.70 Å². The van der Waals surface area contributed by atoms with Crippen LogP contribution >= 0.6 is 0 Å². The van der Waals surface area contributed by atoms with Gasteiger partial charge in [0, 0.05) is 28.2 Å². The zero-order valence-electron chi connectivity index (χ0n) is 11.0. The molecule has 98 valence electrons. The standard InChI is InChI=1S/C15H16N2O2/c1-9(2)17-13-6-4-3-5-10(13)11-7-12(15(18)19)16-8-14(11)17/h3-7,9,16H,8H2,1-2H3,(H,18,19). The van der Waals surface area contributed by atoms with Gasteiger partial charge in [-0.2, -0.15) is 0 Å². The highest BCUT2D eigenvalue weighted by Crippen LogP contribution is 2.32. The molecule has 2 heterocycles. The van der Waals surface area contributed by atoms with Crippen LogP contribution in [0.3, 0.4) is 0 Å². The molecule has 0 amide bonds. The van der Waals surface area contributed by atoms with Gasteiger partial charge in [-0.15, -0.1) is 0 Å². The zero-order chi connectivity index (χ0) is 13.6. The number of rotatable bonds is 2. The van der Waals surface area contributed by atoms with Crippen molar-refractivity contribution in [1.82, 2.24) is 9.88 Å². The Kier molecular flexibility index (Phi) is 2.59. The van der Waals surface area contributed by atoms with E-state index in [0.29, 0.717) is 12.6 Å². The van der Waals surface area contributed by atoms with Crippen LogP contribution in [0.25, 0.3) is 17.0 Å². The van der Waals surface area contributed by atoms with Crippen LogP contribution in [-0.4, -0.2) is 15.6 Å². The summed E-state index contributed by atoms with van der Waals surface area (Å²) < 4.78 is 2.27. The molecule has 2 N–H and O–H groups in total. The molecule has 0 bridgehead atoms. The number of carboxylic acid groups (broad SMARTS) is 1. The maximum atomic E-state index is 11.1. The molecular weight excluding hydrogens is 240 g/mol. The first-order valence-corrected chi connectivity index (χ1v) is 6.40. The summed E-state index contributed by atoms with van der Waals surface area (Å²) in [6.07, 6.45) is 1.74. The van der Waals surface area contributed by atoms with Gasteiger partial charge in [-0.1, -0.05) is 18.2 Å². The van der Waals surface area contributed by atoms with Crippen molar-refractivity contribution in [2.24, 2.45) is 0 Å². The zero-order valence-corrected chi connectivity index (χ0v) is 11.0. The topological polar surface area (TPSA) is 54.3 Å². The number of nitrogens with one attached hydrogen (secondary N) is 1. The molecule has 1 aliphatic heterocycles. The number of carbonyl (C=O) groups is 1. The summed E-state index contributed by atoms with van der Waals surface area (Å²) in [5.74, 6) is -0.910. The average Bonchev–Trinajstić information content (AvgIpc) is 2.72. The molecule has 0 unspecified atom stereocenters. The van der Waals surface area contributed by atoms with Crippen molar-refractivity contribution in [3.05, 3.63) is 41.2 Å². The van der Waals surface area contributed by atoms with E-state index in [9.17, 15) is 4.79 Å². The van der Waals surface area contributed by atoms with E-state index >= 15 is 0 Å². The summed E-state index contributed by atoms with van der Waals surface area (Å²) in [6.45, 7) is 4.84. The second kappa shape index (κ2) is 4.16. The molecule has 0 spiro atoms. The number of carboxylic acids is 1. The number of para-hydroxylation sites is 1. The lowest BCUT2D eigenvalue weighted by atomic mass is 10.1. The average molecular weight is 256 g/mol. The number of hydrogen-bond donors (Lipinski definition) is 2. The highest BCUT2D eigenvalue weighted by atomic mass is 16.4. The first-order valence-electron chi connectivity index (χ1n) is 6.40. The largest absolute Gasteiger partial charge is 0.477 e. The summed E-state index contributed by atoms with van der Waals surface area (Å²) in [6, 6.07) is 8.48. The molecule has 0 saturated heterocycles. The third-order valence-electron chi connectivity index (χ3n) is 3.54. The molecule has 1 aliphatic rings. The molecule has 0 fully saturated rings. The van der Waals surface area contributed by atoms with Gasteiger partial charge < -0.3 is 15.0 Å². The summed E-state index contributed by atoms with van der Waals surface area (Å²) in [5, 5.41) is 13.2. The van der Waals surface area contributed by atoms with Crippen LogP contribution < -0.4 is 5.32 Å². The normalized spacial score (nSPS) is 14.2. The van der Waals surface area contributed by atoms with Crippen molar-refractivity contribution in [3.8, 4) is 0 Å². The van der Waals surface area contributed by atoms with E-state index in [1.807, 2.05) is 18.2 Å². The van der Waals surface area contributed by atoms with Crippen molar-refractivity contribution in [1.29, 1.82) is 0 Å². The Balaban J connectivity index is 2.34. The Labute approximate surface area is 111 Å². The van der Waals surface area contributed by atoms with Crippen molar-refractivity contribution in [2.75, 3.05) is 0 Å². The van der Waals surface area contributed by atoms with Gasteiger partial charge in [-0.25, -0.2) is 4.79 Å². The van der Waals surface area contributed by atoms with Gasteiger partial charge in [0.25, 0.3) is 0 Å². The van der Waals surface area contributed by atoms with Crippen LogP contribution in [0.4, 0.5) is 0 Å². The van der Waals surface area contributed by atoms with Crippen LogP contribution in [0.5, 0.6) is 0 Å². The van der Waals surface area contributed by atoms with E-state index < -0.39 is 5.97 Å². The molecule has 1 aromatic heterocycles. The van der Waals surface area contributed by atoms with Crippen LogP contribution in [-0.2, 0) is 11.3 Å². The Bertz CT molecular complexity index is 695. The van der Waals surface area contributed by atoms with Crippen LogP contribution in [0.1, 0.15) is 31.1 Å². The second-order valence-corrected chi connectivity index (χ2v) is 5.06. The molecular formula is C15H16N2O2. The first kappa shape index (κ1) is 11.8. The Morgan fingerprint density at radius 2 is 2.11 bits per heavy atom. The third kappa shape index (κ3) is 1.71. The number of nitrogens with zero attached hydrogens (tertiary/aromatic N) is 1. The fraction of sp³-hybridized carbons (Fsp3) is 0.267. The van der Waals surface area contributed by atoms with Gasteiger partial charge in [-0.05, 0) is 26.0 Å². The molecule has 0 radical (unpaired) electrons. The predicted octanol–water partition coefficient (Wildman–Crippen LogP) is 2.75. The maximum absolute atomic E-state index is 11.1. The van der Waals surface area contributed by atoms with E-state index in [0.717, 1.165) is 22.2 Å². The van der Waals surface area contributed by atoms with Gasteiger partial charge in [0.2, 0.25) is 0 Å². The molecule has 4 nitrogen and oxygen atoms in total. The minimum Gasteiger partial charge on any atom is -0.477 e. The maximum Gasteiger partial charge on any atom is 0.351 e. The van der Waals surface area contributed by atoms with Crippen molar-refractivity contribution in [2.45, 2.75) is 26.4 Å². The van der Waals surface area contributed by atoms with Gasteiger partial charge in [0.1, 0.15) is 5.70 Å². The third-order valence-corrected chi connectivity index (χ3v) is 3.54. The van der Waals surface area contributed by atoms with E-state index in [1.54, 1.807) is 6.08 Å². The highest BCUT2D eigenvalue weighted by molar-refractivity contribution is 5.99. The molecule has 4 heteroatoms. The van der Waals surface area contributed by atoms with E-state index in [4.69, 9.17) is 5.11 Å². The van der Waals surface area contributed by atoms with E-state index in [2.05, 4.69) is 29.8 Å². The Hall–Kier alpha value is -2.23. The highest BCUT2D eigenvalue weighted by Gasteiger charge is 2.22. The molecule has 0 atom stereocenters. The second-order valence-electron chi connectivity index (χ2n) is 5.06. The van der Waals surface area contributed by atoms with Crippen molar-refractivity contribution in [3.63, 3.8) is 0 Å². The minimum absolute atomic E-state index is 0.263. The van der Waals surface area contributed by atoms with Crippen molar-refractivity contribution < 1.29 is 9.90 Å². The molecule has 0 aliphatic carbocycles. The monoisotopic (exact) mass is 256 g/mol. The number of aliphatic carboxylic acids is 1. The SMILES string of the molecule is CC(C)n1c2c(c3ccccc31)C=C(C(=O)O)NC2. The van der Waals surface area contributed by atoms with Crippen molar-refractivity contribution >= 4 is 22.9 Å². The first-order chi connectivity index (χ1) is 9.09. The summed E-state index contributed by atoms with van der Waals surface area (Å²) in [4.78, 5) is 11.1. The number of aromatic nitrogens is 1. The minimum atomic E-state index is -0.910. The predicted molar refractivity (Wildman–Crippen MR) is 74.8 cm³/mol. The molecule has 0 saturated carbocycles. The quantitative estimate of drug-likeness (QED) is 0.868. The molecule has 3 rings (SSSR count). The van der Waals surface area contributed by atoms with Crippen LogP contribution in [0, 0.1) is 0 Å². The fourth-order valence-corrected chi connectivity index (χ4v) is 2.79. The van der Waals surface area contributed by atoms with Crippen LogP contribution in [0.2, 0.25) is 0 Å². The Morgan fingerprint density at radius 1 is 1.37 bits per heavy atom. The summed E-state index contributed by atoms with van der Waals surface area (Å²) in [5.41, 5.74) is 3.60. The van der Waals surface area contributed by atoms with Gasteiger partial charge in [0.15, 0.2) is 0 Å². The number of fused-ring (bicyclic) bond motifs is 3. The van der Waals surface area contributed by atoms with Gasteiger partial charge in [0.05, 0.1) is 6.54 Å². The molecule has 2 aromatic rings. The fourth-order valence-electron chi connectivity index (χ4n) is 2.79. The lowest BCUT2D eigenvalue weighted by Gasteiger charge is -2.19. The number of benzene rings is 1. The molecule has 19 heavy (non-hydrogen) atoms. The lowest BCUT2D eigenvalue weighted by molar-refractivity contribution is -0.133. The smallest absolute Gasteiger partial charge is 0.351 e. The number of hydrogen-bond acceptors (Lipinski definition) is 2. The Morgan fingerprint density at radius 3 is 2.79 bits per heavy atom. The van der Waals surface area contributed by atoms with E-state index in [1.165, 1.54) is 0 Å². The molecule has 1 aromatic carbocycles.